The molecule has 1 rings (SSSR count). The number of rotatable bonds is 24. The summed E-state index contributed by atoms with van der Waals surface area (Å²) in [5.41, 5.74) is 5.29. The Balaban J connectivity index is 4.18. The highest BCUT2D eigenvalue weighted by Gasteiger charge is 2.40. The molecule has 474 valence electrons. The number of allylic oxidation sites excluding steroid dienone is 1. The highest BCUT2D eigenvalue weighted by atomic mass is 35.5. The summed E-state index contributed by atoms with van der Waals surface area (Å²) in [6.07, 6.45) is -8.26. The van der Waals surface area contributed by atoms with E-state index in [0.29, 0.717) is 0 Å². The fourth-order valence-electron chi connectivity index (χ4n) is 6.90. The largest absolute Gasteiger partial charge is 0.481 e. The monoisotopic (exact) mass is 1230 g/mol. The summed E-state index contributed by atoms with van der Waals surface area (Å²) in [5, 5.41) is 75.8. The van der Waals surface area contributed by atoms with Crippen molar-refractivity contribution in [3.05, 3.63) is 49.7 Å². The molecule has 11 atom stereocenters. The Bertz CT molecular complexity index is 2450. The molecule has 1 heterocycles. The van der Waals surface area contributed by atoms with Crippen molar-refractivity contribution in [2.45, 2.75) is 119 Å². The molecule has 0 radical (unpaired) electrons. The maximum absolute atomic E-state index is 14.3. The summed E-state index contributed by atoms with van der Waals surface area (Å²) in [6, 6.07) is -16.8. The first kappa shape index (κ1) is 74.1. The molecular weight excluding hydrogens is 1160 g/mol. The number of aliphatic carboxylic acids is 2. The quantitative estimate of drug-likeness (QED) is 0.0107. The van der Waals surface area contributed by atoms with Crippen LogP contribution in [0.3, 0.4) is 0 Å². The third-order valence-corrected chi connectivity index (χ3v) is 11.6. The van der Waals surface area contributed by atoms with Crippen LogP contribution in [0.2, 0.25) is 0 Å². The van der Waals surface area contributed by atoms with Crippen LogP contribution < -0.4 is 64.2 Å². The SMILES string of the molecule is C=CCOC(=O)NCCCCC1NC(=O)[C@H](CC(=O)O)NC(=O)[C@@H](CCNC(=O)OCC=C)NC(=O)[C@@H](N)COC(=O)C([C@H](O)CCl)NC(=O)/C(=C/C)NC(=O)[C@H]([C@H](C)O)NC(=O)C(CCNC(=O)OCC=C)NC(=O)[C@H]([C@H](O)C(=O)O)NC1=O. The van der Waals surface area contributed by atoms with Crippen LogP contribution in [0.4, 0.5) is 14.4 Å². The number of carboxylic acid groups (broad SMARTS) is 2. The van der Waals surface area contributed by atoms with E-state index in [0.717, 1.165) is 13.0 Å². The lowest BCUT2D eigenvalue weighted by atomic mass is 10.0. The molecular formula is C49H73ClN12O23. The molecule has 0 spiro atoms. The second-order valence-corrected chi connectivity index (χ2v) is 18.3. The summed E-state index contributed by atoms with van der Waals surface area (Å²) in [7, 11) is 0. The van der Waals surface area contributed by atoms with Crippen LogP contribution in [0, 0.1) is 0 Å². The Morgan fingerprint density at radius 2 is 1.07 bits per heavy atom. The normalized spacial score (nSPS) is 23.3. The molecule has 3 unspecified atom stereocenters. The van der Waals surface area contributed by atoms with Gasteiger partial charge in [-0.2, -0.15) is 0 Å². The number of amides is 11. The smallest absolute Gasteiger partial charge is 0.407 e. The Kier molecular flexibility index (Phi) is 34.5. The number of halogens is 1. The first-order valence-corrected chi connectivity index (χ1v) is 26.3. The lowest BCUT2D eigenvalue weighted by molar-refractivity contribution is -0.153. The zero-order chi connectivity index (χ0) is 64.3. The van der Waals surface area contributed by atoms with Crippen molar-refractivity contribution in [3.8, 4) is 0 Å². The van der Waals surface area contributed by atoms with Crippen molar-refractivity contribution in [1.29, 1.82) is 0 Å². The van der Waals surface area contributed by atoms with Gasteiger partial charge < -0.3 is 109 Å². The molecule has 1 aliphatic heterocycles. The number of carboxylic acids is 2. The van der Waals surface area contributed by atoms with Crippen LogP contribution >= 0.6 is 11.6 Å². The molecule has 85 heavy (non-hydrogen) atoms. The molecule has 1 fully saturated rings. The predicted molar refractivity (Wildman–Crippen MR) is 290 cm³/mol. The van der Waals surface area contributed by atoms with E-state index in [1.54, 1.807) is 0 Å². The number of cyclic esters (lactones) is 1. The van der Waals surface area contributed by atoms with Crippen LogP contribution in [-0.2, 0) is 71.7 Å². The third-order valence-electron chi connectivity index (χ3n) is 11.3. The second-order valence-electron chi connectivity index (χ2n) is 18.0. The summed E-state index contributed by atoms with van der Waals surface area (Å²) in [6.45, 7) is 9.39. The summed E-state index contributed by atoms with van der Waals surface area (Å²) in [5.74, 6) is -17.5. The van der Waals surface area contributed by atoms with Crippen molar-refractivity contribution in [3.63, 3.8) is 0 Å². The molecule has 0 bridgehead atoms. The second kappa shape index (κ2) is 39.5. The average molecular weight is 1230 g/mol. The zero-order valence-electron chi connectivity index (χ0n) is 46.2. The number of hydrogen-bond acceptors (Lipinski definition) is 22. The van der Waals surface area contributed by atoms with Crippen LogP contribution in [0.1, 0.15) is 52.4 Å². The lowest BCUT2D eigenvalue weighted by Gasteiger charge is -2.29. The molecule has 1 saturated heterocycles. The standard InChI is InChI=1S/C49H73ClN12O23/c1-6-18-82-47(79)52-15-11-10-12-27-40(71)62-35(36(67)45(76)77)44(75)58-29(14-17-54-49(81)84-20-8-3)41(72)60-33(24(5)63)43(74)55-26(9-4)38(69)61-34(31(64)22-50)46(78)85-23-25(51)37(68)56-28(13-16-53-48(80)83-19-7-2)39(70)59-30(21-32(65)66)42(73)57-27/h6-9,24-25,27-31,33-36,63-64,67H,1-3,10-23,51H2,4-5H3,(H,52,79)(H,53,80)(H,54,81)(H,55,74)(H,56,68)(H,57,73)(H,58,75)(H,59,70)(H,60,72)(H,61,69)(H,62,71)(H,65,66)(H,76,77)/b26-9-/t24-,25-,27?,28+,29?,30-,31+,33-,34?,35-,36-/m0/s1. The first-order chi connectivity index (χ1) is 40.1. The van der Waals surface area contributed by atoms with Crippen LogP contribution in [0.25, 0.3) is 0 Å². The van der Waals surface area contributed by atoms with Gasteiger partial charge in [-0.1, -0.05) is 44.0 Å². The minimum absolute atomic E-state index is 0.00565. The molecule has 18 N–H and O–H groups in total. The molecule has 0 aliphatic carbocycles. The van der Waals surface area contributed by atoms with Crippen molar-refractivity contribution >= 4 is 95.0 Å². The number of aliphatic hydroxyl groups excluding tert-OH is 3. The van der Waals surface area contributed by atoms with Gasteiger partial charge in [0.25, 0.3) is 5.91 Å². The van der Waals surface area contributed by atoms with E-state index in [1.807, 2.05) is 5.32 Å². The average Bonchev–Trinajstić information content (AvgIpc) is 3.56. The number of nitrogens with two attached hydrogens (primary N) is 1. The number of hydrogen-bond donors (Lipinski definition) is 17. The number of carbonyl (C=O) groups excluding carboxylic acids is 12. The molecule has 36 heteroatoms. The van der Waals surface area contributed by atoms with Crippen LogP contribution in [0.15, 0.2) is 49.7 Å². The number of alkyl carbamates (subject to hydrolysis) is 3. The third kappa shape index (κ3) is 27.8. The minimum atomic E-state index is -2.90. The van der Waals surface area contributed by atoms with E-state index in [2.05, 4.69) is 72.9 Å². The Morgan fingerprint density at radius 3 is 1.54 bits per heavy atom. The Labute approximate surface area is 490 Å². The van der Waals surface area contributed by atoms with Crippen LogP contribution in [-0.4, -0.2) is 228 Å². The van der Waals surface area contributed by atoms with Gasteiger partial charge in [-0.05, 0) is 46.0 Å². The minimum Gasteiger partial charge on any atom is -0.481 e. The molecule has 0 aromatic rings. The van der Waals surface area contributed by atoms with Gasteiger partial charge in [0.05, 0.1) is 24.5 Å². The van der Waals surface area contributed by atoms with Gasteiger partial charge in [-0.15, -0.1) is 11.6 Å². The lowest BCUT2D eigenvalue weighted by Crippen LogP contribution is -2.63. The van der Waals surface area contributed by atoms with E-state index in [1.165, 1.54) is 25.2 Å². The van der Waals surface area contributed by atoms with Crippen molar-refractivity contribution in [2.24, 2.45) is 5.73 Å². The Hall–Kier alpha value is -8.93. The van der Waals surface area contributed by atoms with Gasteiger partial charge in [0, 0.05) is 19.6 Å². The van der Waals surface area contributed by atoms with Gasteiger partial charge in [-0.3, -0.25) is 43.2 Å². The van der Waals surface area contributed by atoms with Gasteiger partial charge in [-0.25, -0.2) is 24.0 Å². The van der Waals surface area contributed by atoms with Crippen LogP contribution in [0.5, 0.6) is 0 Å². The zero-order valence-corrected chi connectivity index (χ0v) is 47.0. The summed E-state index contributed by atoms with van der Waals surface area (Å²) >= 11 is 5.81. The van der Waals surface area contributed by atoms with E-state index >= 15 is 0 Å². The number of ether oxygens (including phenoxy) is 4. The first-order valence-electron chi connectivity index (χ1n) is 25.8. The molecule has 1 aliphatic rings. The topological polar surface area (TPSA) is 535 Å². The number of aliphatic hydroxyl groups is 3. The fraction of sp³-hybridized carbons (Fsp3) is 0.551. The summed E-state index contributed by atoms with van der Waals surface area (Å²) in [4.78, 5) is 186. The van der Waals surface area contributed by atoms with Gasteiger partial charge >= 0.3 is 36.2 Å². The highest BCUT2D eigenvalue weighted by molar-refractivity contribution is 6.18. The molecule has 11 amide bonds. The Morgan fingerprint density at radius 1 is 0.624 bits per heavy atom. The van der Waals surface area contributed by atoms with Crippen molar-refractivity contribution in [2.75, 3.05) is 51.9 Å². The van der Waals surface area contributed by atoms with Crippen molar-refractivity contribution < 1.29 is 112 Å². The van der Waals surface area contributed by atoms with Gasteiger partial charge in [0.2, 0.25) is 41.4 Å². The van der Waals surface area contributed by atoms with E-state index in [9.17, 15) is 92.7 Å². The molecule has 0 saturated carbocycles. The van der Waals surface area contributed by atoms with Gasteiger partial charge in [0.15, 0.2) is 12.1 Å². The summed E-state index contributed by atoms with van der Waals surface area (Å²) < 4.78 is 19.6. The molecule has 0 aromatic carbocycles. The van der Waals surface area contributed by atoms with Crippen molar-refractivity contribution in [1.82, 2.24) is 58.5 Å². The predicted octanol–water partition coefficient (Wildman–Crippen LogP) is -6.13. The maximum atomic E-state index is 14.3. The number of carbonyl (C=O) groups is 14. The highest BCUT2D eigenvalue weighted by Crippen LogP contribution is 2.10. The van der Waals surface area contributed by atoms with E-state index < -0.39 is 207 Å². The number of unbranched alkanes of at least 4 members (excludes halogenated alkanes) is 1. The number of esters is 1. The molecule has 35 nitrogen and oxygen atoms in total. The number of nitrogens with one attached hydrogen (secondary N) is 11. The molecule has 0 aromatic heterocycles. The fourth-order valence-corrected chi connectivity index (χ4v) is 7.08. The maximum Gasteiger partial charge on any atom is 0.407 e. The number of alkyl halides is 1. The van der Waals surface area contributed by atoms with E-state index in [-0.39, 0.29) is 39.2 Å². The van der Waals surface area contributed by atoms with Gasteiger partial charge in [0.1, 0.15) is 74.4 Å². The van der Waals surface area contributed by atoms with E-state index in [4.69, 9.17) is 36.3 Å².